The van der Waals surface area contributed by atoms with Crippen molar-refractivity contribution in [2.24, 2.45) is 5.73 Å². The lowest BCUT2D eigenvalue weighted by Crippen LogP contribution is -2.15. The van der Waals surface area contributed by atoms with Crippen LogP contribution in [0.15, 0.2) is 36.4 Å². The van der Waals surface area contributed by atoms with Crippen LogP contribution in [0.2, 0.25) is 5.02 Å². The number of para-hydroxylation sites is 1. The number of hydrogen-bond acceptors (Lipinski definition) is 3. The van der Waals surface area contributed by atoms with E-state index in [0.29, 0.717) is 23.2 Å². The molecule has 0 aliphatic heterocycles. The topological polar surface area (TPSA) is 48.1 Å². The summed E-state index contributed by atoms with van der Waals surface area (Å²) in [7, 11) is 0. The SMILES string of the molecule is CC(C)(C)c1cc(CN)cc(Oc2ccccc2Cl)n1. The van der Waals surface area contributed by atoms with Gasteiger partial charge in [-0.25, -0.2) is 4.98 Å². The minimum Gasteiger partial charge on any atom is -0.437 e. The van der Waals surface area contributed by atoms with Gasteiger partial charge >= 0.3 is 0 Å². The van der Waals surface area contributed by atoms with Crippen LogP contribution >= 0.6 is 11.6 Å². The summed E-state index contributed by atoms with van der Waals surface area (Å²) < 4.78 is 5.79. The fraction of sp³-hybridized carbons (Fsp3) is 0.312. The molecular weight excluding hydrogens is 272 g/mol. The van der Waals surface area contributed by atoms with Crippen molar-refractivity contribution in [1.82, 2.24) is 4.98 Å². The smallest absolute Gasteiger partial charge is 0.219 e. The Labute approximate surface area is 124 Å². The van der Waals surface area contributed by atoms with Gasteiger partial charge in [0.2, 0.25) is 5.88 Å². The first kappa shape index (κ1) is 14.8. The maximum atomic E-state index is 6.10. The van der Waals surface area contributed by atoms with Crippen LogP contribution < -0.4 is 10.5 Å². The summed E-state index contributed by atoms with van der Waals surface area (Å²) in [6, 6.07) is 11.2. The van der Waals surface area contributed by atoms with Crippen LogP contribution in [0.5, 0.6) is 11.6 Å². The second kappa shape index (κ2) is 5.81. The first-order valence-corrected chi connectivity index (χ1v) is 6.92. The lowest BCUT2D eigenvalue weighted by molar-refractivity contribution is 0.451. The molecule has 1 heterocycles. The second-order valence-electron chi connectivity index (χ2n) is 5.69. The van der Waals surface area contributed by atoms with Crippen LogP contribution in [0.25, 0.3) is 0 Å². The number of nitrogens with two attached hydrogens (primary N) is 1. The minimum atomic E-state index is -0.0657. The third-order valence-electron chi connectivity index (χ3n) is 2.92. The van der Waals surface area contributed by atoms with Crippen molar-refractivity contribution < 1.29 is 4.74 Å². The average Bonchev–Trinajstić information content (AvgIpc) is 2.40. The van der Waals surface area contributed by atoms with Crippen LogP contribution in [0.1, 0.15) is 32.0 Å². The Kier molecular flexibility index (Phi) is 4.31. The zero-order valence-electron chi connectivity index (χ0n) is 12.0. The van der Waals surface area contributed by atoms with Crippen molar-refractivity contribution in [3.63, 3.8) is 0 Å². The monoisotopic (exact) mass is 290 g/mol. The van der Waals surface area contributed by atoms with Gasteiger partial charge < -0.3 is 10.5 Å². The van der Waals surface area contributed by atoms with Crippen LogP contribution in [0.4, 0.5) is 0 Å². The van der Waals surface area contributed by atoms with Gasteiger partial charge in [-0.1, -0.05) is 44.5 Å². The molecule has 2 aromatic rings. The Morgan fingerprint density at radius 2 is 1.90 bits per heavy atom. The van der Waals surface area contributed by atoms with E-state index in [2.05, 4.69) is 25.8 Å². The molecule has 0 radical (unpaired) electrons. The maximum Gasteiger partial charge on any atom is 0.219 e. The van der Waals surface area contributed by atoms with E-state index in [0.717, 1.165) is 11.3 Å². The Bertz CT molecular complexity index is 606. The highest BCUT2D eigenvalue weighted by molar-refractivity contribution is 6.32. The lowest BCUT2D eigenvalue weighted by atomic mass is 9.91. The fourth-order valence-corrected chi connectivity index (χ4v) is 1.93. The Balaban J connectivity index is 2.39. The maximum absolute atomic E-state index is 6.10. The molecule has 4 heteroatoms. The predicted molar refractivity (Wildman–Crippen MR) is 82.4 cm³/mol. The predicted octanol–water partition coefficient (Wildman–Crippen LogP) is 4.28. The number of benzene rings is 1. The number of halogens is 1. The zero-order valence-corrected chi connectivity index (χ0v) is 12.7. The Morgan fingerprint density at radius 3 is 2.50 bits per heavy atom. The van der Waals surface area contributed by atoms with E-state index in [9.17, 15) is 0 Å². The van der Waals surface area contributed by atoms with Crippen molar-refractivity contribution in [1.29, 1.82) is 0 Å². The van der Waals surface area contributed by atoms with E-state index in [1.165, 1.54) is 0 Å². The molecule has 0 bridgehead atoms. The van der Waals surface area contributed by atoms with Gasteiger partial charge in [-0.15, -0.1) is 0 Å². The molecule has 1 aromatic heterocycles. The van der Waals surface area contributed by atoms with Crippen molar-refractivity contribution in [3.05, 3.63) is 52.7 Å². The van der Waals surface area contributed by atoms with Gasteiger partial charge in [0.05, 0.1) is 10.7 Å². The van der Waals surface area contributed by atoms with Crippen molar-refractivity contribution >= 4 is 11.6 Å². The van der Waals surface area contributed by atoms with Crippen molar-refractivity contribution in [3.8, 4) is 11.6 Å². The van der Waals surface area contributed by atoms with Crippen LogP contribution in [-0.2, 0) is 12.0 Å². The summed E-state index contributed by atoms with van der Waals surface area (Å²) >= 11 is 6.10. The average molecular weight is 291 g/mol. The highest BCUT2D eigenvalue weighted by Gasteiger charge is 2.18. The van der Waals surface area contributed by atoms with Gasteiger partial charge in [0.1, 0.15) is 5.75 Å². The van der Waals surface area contributed by atoms with Gasteiger partial charge in [0.15, 0.2) is 0 Å². The van der Waals surface area contributed by atoms with Gasteiger partial charge in [-0.3, -0.25) is 0 Å². The molecule has 0 unspecified atom stereocenters. The lowest BCUT2D eigenvalue weighted by Gasteiger charge is -2.19. The molecule has 0 atom stereocenters. The van der Waals surface area contributed by atoms with E-state index in [-0.39, 0.29) is 5.41 Å². The van der Waals surface area contributed by atoms with E-state index >= 15 is 0 Å². The number of ether oxygens (including phenoxy) is 1. The molecule has 20 heavy (non-hydrogen) atoms. The molecule has 106 valence electrons. The number of hydrogen-bond donors (Lipinski definition) is 1. The molecule has 2 N–H and O–H groups in total. The molecule has 0 fully saturated rings. The van der Waals surface area contributed by atoms with Crippen molar-refractivity contribution in [2.45, 2.75) is 32.7 Å². The fourth-order valence-electron chi connectivity index (χ4n) is 1.75. The van der Waals surface area contributed by atoms with Crippen LogP contribution in [0.3, 0.4) is 0 Å². The number of aromatic nitrogens is 1. The van der Waals surface area contributed by atoms with Crippen LogP contribution in [0, 0.1) is 0 Å². The summed E-state index contributed by atoms with van der Waals surface area (Å²) in [6.07, 6.45) is 0. The van der Waals surface area contributed by atoms with Gasteiger partial charge in [0, 0.05) is 18.0 Å². The first-order chi connectivity index (χ1) is 9.40. The molecule has 0 amide bonds. The second-order valence-corrected chi connectivity index (χ2v) is 6.09. The van der Waals surface area contributed by atoms with Gasteiger partial charge in [0.25, 0.3) is 0 Å². The summed E-state index contributed by atoms with van der Waals surface area (Å²) in [5, 5.41) is 0.560. The van der Waals surface area contributed by atoms with E-state index in [1.54, 1.807) is 6.07 Å². The highest BCUT2D eigenvalue weighted by Crippen LogP contribution is 2.30. The largest absolute Gasteiger partial charge is 0.437 e. The summed E-state index contributed by atoms with van der Waals surface area (Å²) in [5.41, 5.74) is 7.62. The molecule has 0 saturated carbocycles. The molecule has 0 saturated heterocycles. The van der Waals surface area contributed by atoms with Gasteiger partial charge in [-0.05, 0) is 23.8 Å². The normalized spacial score (nSPS) is 11.4. The summed E-state index contributed by atoms with van der Waals surface area (Å²) in [5.74, 6) is 1.11. The first-order valence-electron chi connectivity index (χ1n) is 6.54. The third-order valence-corrected chi connectivity index (χ3v) is 3.23. The zero-order chi connectivity index (χ0) is 14.8. The molecule has 0 aliphatic rings. The summed E-state index contributed by atoms with van der Waals surface area (Å²) in [6.45, 7) is 6.77. The van der Waals surface area contributed by atoms with E-state index < -0.39 is 0 Å². The molecular formula is C16H19ClN2O. The Hall–Kier alpha value is -1.58. The summed E-state index contributed by atoms with van der Waals surface area (Å²) in [4.78, 5) is 4.55. The molecule has 3 nitrogen and oxygen atoms in total. The molecule has 0 spiro atoms. The van der Waals surface area contributed by atoms with Crippen LogP contribution in [-0.4, -0.2) is 4.98 Å². The molecule has 2 rings (SSSR count). The molecule has 1 aromatic carbocycles. The molecule has 0 aliphatic carbocycles. The van der Waals surface area contributed by atoms with Crippen molar-refractivity contribution in [2.75, 3.05) is 0 Å². The number of nitrogens with zero attached hydrogens (tertiary/aromatic N) is 1. The standard InChI is InChI=1S/C16H19ClN2O/c1-16(2,3)14-8-11(10-18)9-15(19-14)20-13-7-5-4-6-12(13)17/h4-9H,10,18H2,1-3H3. The number of rotatable bonds is 3. The highest BCUT2D eigenvalue weighted by atomic mass is 35.5. The third kappa shape index (κ3) is 3.50. The van der Waals surface area contributed by atoms with E-state index in [4.69, 9.17) is 22.1 Å². The van der Waals surface area contributed by atoms with E-state index in [1.807, 2.05) is 30.3 Å². The minimum absolute atomic E-state index is 0.0657. The number of pyridine rings is 1. The van der Waals surface area contributed by atoms with Gasteiger partial charge in [-0.2, -0.15) is 0 Å². The quantitative estimate of drug-likeness (QED) is 0.917. The Morgan fingerprint density at radius 1 is 1.20 bits per heavy atom.